The highest BCUT2D eigenvalue weighted by Crippen LogP contribution is 2.40. The van der Waals surface area contributed by atoms with E-state index < -0.39 is 0 Å². The molecule has 0 aliphatic rings. The van der Waals surface area contributed by atoms with Crippen LogP contribution in [0, 0.1) is 0 Å². The summed E-state index contributed by atoms with van der Waals surface area (Å²) in [5, 5.41) is 2.85. The number of benzene rings is 3. The average Bonchev–Trinajstić information content (AvgIpc) is 2.90. The lowest BCUT2D eigenvalue weighted by Crippen LogP contribution is -2.10. The number of methoxy groups -OCH3 is 5. The van der Waals surface area contributed by atoms with Crippen LogP contribution in [0.25, 0.3) is 18.2 Å². The highest BCUT2D eigenvalue weighted by molar-refractivity contribution is 6.03. The van der Waals surface area contributed by atoms with Crippen molar-refractivity contribution < 1.29 is 28.5 Å². The molecule has 36 heavy (non-hydrogen) atoms. The van der Waals surface area contributed by atoms with Crippen molar-refractivity contribution in [2.24, 2.45) is 0 Å². The number of rotatable bonds is 10. The number of carbonyl (C=O) groups is 1. The second-order valence-corrected chi connectivity index (χ2v) is 7.55. The summed E-state index contributed by atoms with van der Waals surface area (Å²) in [7, 11) is 7.73. The molecule has 0 spiro atoms. The molecule has 1 amide bonds. The average molecular weight is 491 g/mol. The van der Waals surface area contributed by atoms with Gasteiger partial charge in [-0.05, 0) is 53.1 Å². The van der Waals surface area contributed by atoms with Crippen molar-refractivity contribution >= 4 is 35.5 Å². The topological polar surface area (TPSA) is 101 Å². The highest BCUT2D eigenvalue weighted by Gasteiger charge is 2.15. The Morgan fingerprint density at radius 3 is 1.78 bits per heavy atom. The predicted molar refractivity (Wildman–Crippen MR) is 143 cm³/mol. The summed E-state index contributed by atoms with van der Waals surface area (Å²) in [6.07, 6.45) is 6.83. The number of amides is 1. The first kappa shape index (κ1) is 26.0. The van der Waals surface area contributed by atoms with Crippen molar-refractivity contribution in [3.8, 4) is 28.7 Å². The van der Waals surface area contributed by atoms with Crippen LogP contribution in [-0.2, 0) is 4.79 Å². The lowest BCUT2D eigenvalue weighted by molar-refractivity contribution is -0.111. The van der Waals surface area contributed by atoms with Crippen LogP contribution in [0.3, 0.4) is 0 Å². The fraction of sp³-hybridized carbons (Fsp3) is 0.179. The predicted octanol–water partition coefficient (Wildman–Crippen LogP) is 5.13. The summed E-state index contributed by atoms with van der Waals surface area (Å²) < 4.78 is 27.2. The summed E-state index contributed by atoms with van der Waals surface area (Å²) >= 11 is 0. The molecule has 0 aliphatic heterocycles. The Kier molecular flexibility index (Phi) is 8.83. The van der Waals surface area contributed by atoms with E-state index in [9.17, 15) is 4.79 Å². The van der Waals surface area contributed by atoms with E-state index in [0.29, 0.717) is 40.1 Å². The van der Waals surface area contributed by atoms with Crippen molar-refractivity contribution in [1.29, 1.82) is 0 Å². The van der Waals surface area contributed by atoms with Gasteiger partial charge >= 0.3 is 0 Å². The maximum absolute atomic E-state index is 12.7. The number of nitrogen functional groups attached to an aromatic ring is 1. The molecule has 0 saturated heterocycles. The molecule has 0 atom stereocenters. The summed E-state index contributed by atoms with van der Waals surface area (Å²) in [5.41, 5.74) is 9.33. The molecule has 0 bridgehead atoms. The minimum absolute atomic E-state index is 0.343. The Hall–Kier alpha value is -4.59. The molecule has 8 heteroatoms. The van der Waals surface area contributed by atoms with E-state index in [1.807, 2.05) is 48.6 Å². The second-order valence-electron chi connectivity index (χ2n) is 7.55. The standard InChI is InChI=1S/C28H30N2O6/c1-32-23-15-18(10-11-19-16-24(33-2)28(36-5)25(17-19)34-3)14-22(27(23)35-4)30-26(31)13-12-20-8-6-7-9-21(20)29/h6-17H,29H2,1-5H3,(H,30,31)/b11-10?,13-12+. The zero-order valence-corrected chi connectivity index (χ0v) is 21.0. The molecule has 3 aromatic rings. The molecule has 0 heterocycles. The number of para-hydroxylation sites is 1. The Bertz CT molecular complexity index is 1260. The lowest BCUT2D eigenvalue weighted by atomic mass is 10.1. The van der Waals surface area contributed by atoms with E-state index in [0.717, 1.165) is 16.7 Å². The van der Waals surface area contributed by atoms with Gasteiger partial charge in [-0.15, -0.1) is 0 Å². The Balaban J connectivity index is 1.92. The minimum atomic E-state index is -0.343. The van der Waals surface area contributed by atoms with Crippen LogP contribution in [0.2, 0.25) is 0 Å². The number of hydrogen-bond acceptors (Lipinski definition) is 7. The third-order valence-corrected chi connectivity index (χ3v) is 5.32. The number of ether oxygens (including phenoxy) is 5. The van der Waals surface area contributed by atoms with Gasteiger partial charge in [0.15, 0.2) is 23.0 Å². The Labute approximate surface area is 210 Å². The Morgan fingerprint density at radius 1 is 0.722 bits per heavy atom. The SMILES string of the molecule is COc1cc(C=Cc2cc(OC)c(OC)c(OC)c2)cc(NC(=O)/C=C/c2ccccc2N)c1OC. The van der Waals surface area contributed by atoms with Crippen molar-refractivity contribution in [3.63, 3.8) is 0 Å². The second kappa shape index (κ2) is 12.2. The van der Waals surface area contributed by atoms with Crippen molar-refractivity contribution in [3.05, 3.63) is 71.3 Å². The van der Waals surface area contributed by atoms with E-state index >= 15 is 0 Å². The highest BCUT2D eigenvalue weighted by atomic mass is 16.5. The first-order valence-electron chi connectivity index (χ1n) is 11.0. The van der Waals surface area contributed by atoms with Crippen LogP contribution < -0.4 is 34.7 Å². The van der Waals surface area contributed by atoms with Crippen LogP contribution in [0.4, 0.5) is 11.4 Å². The summed E-state index contributed by atoms with van der Waals surface area (Å²) in [4.78, 5) is 12.7. The van der Waals surface area contributed by atoms with Gasteiger partial charge in [-0.2, -0.15) is 0 Å². The van der Waals surface area contributed by atoms with Gasteiger partial charge in [-0.3, -0.25) is 4.79 Å². The van der Waals surface area contributed by atoms with E-state index in [2.05, 4.69) is 5.32 Å². The van der Waals surface area contributed by atoms with Gasteiger partial charge in [0.1, 0.15) is 0 Å². The number of anilines is 2. The van der Waals surface area contributed by atoms with Gasteiger partial charge in [0.2, 0.25) is 11.7 Å². The number of hydrogen-bond donors (Lipinski definition) is 2. The van der Waals surface area contributed by atoms with Crippen LogP contribution >= 0.6 is 0 Å². The van der Waals surface area contributed by atoms with Gasteiger partial charge in [-0.25, -0.2) is 0 Å². The van der Waals surface area contributed by atoms with Gasteiger partial charge in [0.25, 0.3) is 0 Å². The normalized spacial score (nSPS) is 10.9. The molecular formula is C28H30N2O6. The van der Waals surface area contributed by atoms with Crippen LogP contribution in [0.1, 0.15) is 16.7 Å². The molecule has 0 saturated carbocycles. The lowest BCUT2D eigenvalue weighted by Gasteiger charge is -2.15. The molecular weight excluding hydrogens is 460 g/mol. The third kappa shape index (κ3) is 6.09. The summed E-state index contributed by atoms with van der Waals surface area (Å²) in [6.45, 7) is 0. The molecule has 188 valence electrons. The van der Waals surface area contributed by atoms with Gasteiger partial charge in [-0.1, -0.05) is 30.4 Å². The zero-order valence-electron chi connectivity index (χ0n) is 21.0. The monoisotopic (exact) mass is 490 g/mol. The fourth-order valence-electron chi connectivity index (χ4n) is 3.57. The summed E-state index contributed by atoms with van der Waals surface area (Å²) in [6, 6.07) is 14.6. The first-order valence-corrected chi connectivity index (χ1v) is 11.0. The molecule has 0 aliphatic carbocycles. The molecule has 0 radical (unpaired) electrons. The molecule has 3 N–H and O–H groups in total. The smallest absolute Gasteiger partial charge is 0.248 e. The molecule has 0 fully saturated rings. The zero-order chi connectivity index (χ0) is 26.1. The quantitative estimate of drug-likeness (QED) is 0.231. The number of carbonyl (C=O) groups excluding carboxylic acids is 1. The van der Waals surface area contributed by atoms with E-state index in [1.54, 1.807) is 39.5 Å². The number of nitrogens with one attached hydrogen (secondary N) is 1. The summed E-state index contributed by atoms with van der Waals surface area (Å²) in [5.74, 6) is 2.13. The van der Waals surface area contributed by atoms with Crippen molar-refractivity contribution in [2.45, 2.75) is 0 Å². The van der Waals surface area contributed by atoms with E-state index in [1.165, 1.54) is 20.3 Å². The van der Waals surface area contributed by atoms with E-state index in [4.69, 9.17) is 29.4 Å². The number of nitrogens with two attached hydrogens (primary N) is 1. The molecule has 8 nitrogen and oxygen atoms in total. The van der Waals surface area contributed by atoms with Crippen molar-refractivity contribution in [1.82, 2.24) is 0 Å². The molecule has 0 unspecified atom stereocenters. The molecule has 3 aromatic carbocycles. The van der Waals surface area contributed by atoms with Gasteiger partial charge in [0, 0.05) is 11.8 Å². The van der Waals surface area contributed by atoms with E-state index in [-0.39, 0.29) is 5.91 Å². The van der Waals surface area contributed by atoms with Crippen LogP contribution in [0.5, 0.6) is 28.7 Å². The van der Waals surface area contributed by atoms with Crippen LogP contribution in [-0.4, -0.2) is 41.5 Å². The first-order chi connectivity index (χ1) is 17.4. The molecule has 0 aromatic heterocycles. The minimum Gasteiger partial charge on any atom is -0.493 e. The third-order valence-electron chi connectivity index (χ3n) is 5.32. The Morgan fingerprint density at radius 2 is 1.25 bits per heavy atom. The largest absolute Gasteiger partial charge is 0.493 e. The van der Waals surface area contributed by atoms with Crippen molar-refractivity contribution in [2.75, 3.05) is 46.6 Å². The maximum atomic E-state index is 12.7. The molecule has 3 rings (SSSR count). The maximum Gasteiger partial charge on any atom is 0.248 e. The van der Waals surface area contributed by atoms with Gasteiger partial charge in [0.05, 0.1) is 41.2 Å². The van der Waals surface area contributed by atoms with Gasteiger partial charge < -0.3 is 34.7 Å². The fourth-order valence-corrected chi connectivity index (χ4v) is 3.57. The van der Waals surface area contributed by atoms with Crippen LogP contribution in [0.15, 0.2) is 54.6 Å².